The van der Waals surface area contributed by atoms with Gasteiger partial charge in [0.1, 0.15) is 0 Å². The van der Waals surface area contributed by atoms with Crippen LogP contribution in [-0.2, 0) is 16.4 Å². The second-order valence-corrected chi connectivity index (χ2v) is 5.73. The lowest BCUT2D eigenvalue weighted by Gasteiger charge is -2.05. The van der Waals surface area contributed by atoms with Crippen molar-refractivity contribution in [3.8, 4) is 0 Å². The molecular formula is C9H12N2O3S. The summed E-state index contributed by atoms with van der Waals surface area (Å²) in [6.45, 7) is 2.25. The van der Waals surface area contributed by atoms with Crippen molar-refractivity contribution in [2.24, 2.45) is 0 Å². The van der Waals surface area contributed by atoms with E-state index in [0.29, 0.717) is 25.7 Å². The second kappa shape index (κ2) is 3.44. The van der Waals surface area contributed by atoms with Gasteiger partial charge in [-0.05, 0) is 19.8 Å². The van der Waals surface area contributed by atoms with Crippen LogP contribution in [0.2, 0.25) is 0 Å². The molecule has 0 bridgehead atoms. The molecule has 0 aliphatic heterocycles. The molecule has 1 saturated carbocycles. The van der Waals surface area contributed by atoms with E-state index in [4.69, 9.17) is 0 Å². The van der Waals surface area contributed by atoms with Gasteiger partial charge in [0.05, 0.1) is 17.0 Å². The number of aromatic nitrogens is 2. The summed E-state index contributed by atoms with van der Waals surface area (Å²) in [4.78, 5) is 10.7. The highest BCUT2D eigenvalue weighted by Crippen LogP contribution is 2.34. The lowest BCUT2D eigenvalue weighted by molar-refractivity contribution is 0.112. The zero-order chi connectivity index (χ0) is 11.1. The third-order valence-corrected chi connectivity index (χ3v) is 4.81. The molecule has 1 aromatic heterocycles. The Morgan fingerprint density at radius 2 is 2.27 bits per heavy atom. The number of carbonyl (C=O) groups excluding carboxylic acids is 1. The summed E-state index contributed by atoms with van der Waals surface area (Å²) in [5.41, 5.74) is 0.170. The first-order valence-corrected chi connectivity index (χ1v) is 6.40. The van der Waals surface area contributed by atoms with Gasteiger partial charge in [-0.25, -0.2) is 8.42 Å². The van der Waals surface area contributed by atoms with Gasteiger partial charge in [-0.3, -0.25) is 9.48 Å². The van der Waals surface area contributed by atoms with Crippen molar-refractivity contribution in [1.82, 2.24) is 9.78 Å². The van der Waals surface area contributed by atoms with Crippen LogP contribution in [0.1, 0.15) is 30.1 Å². The van der Waals surface area contributed by atoms with Crippen LogP contribution in [0.15, 0.2) is 11.2 Å². The number of hydrogen-bond donors (Lipinski definition) is 0. The summed E-state index contributed by atoms with van der Waals surface area (Å²) in [6, 6.07) is 0. The molecule has 1 heterocycles. The molecule has 2 rings (SSSR count). The van der Waals surface area contributed by atoms with Crippen LogP contribution in [0.4, 0.5) is 0 Å². The molecule has 0 amide bonds. The van der Waals surface area contributed by atoms with Gasteiger partial charge in [-0.15, -0.1) is 0 Å². The topological polar surface area (TPSA) is 69.0 Å². The lowest BCUT2D eigenvalue weighted by atomic mass is 10.4. The zero-order valence-corrected chi connectivity index (χ0v) is 9.20. The summed E-state index contributed by atoms with van der Waals surface area (Å²) in [5.74, 6) is 0. The van der Waals surface area contributed by atoms with E-state index in [2.05, 4.69) is 5.10 Å². The van der Waals surface area contributed by atoms with Crippen LogP contribution >= 0.6 is 0 Å². The van der Waals surface area contributed by atoms with Crippen LogP contribution in [0.3, 0.4) is 0 Å². The van der Waals surface area contributed by atoms with Gasteiger partial charge < -0.3 is 0 Å². The SMILES string of the molecule is CCn1ncc(C=O)c1S(=O)(=O)C1CC1. The maximum absolute atomic E-state index is 12.0. The van der Waals surface area contributed by atoms with E-state index >= 15 is 0 Å². The summed E-state index contributed by atoms with van der Waals surface area (Å²) < 4.78 is 25.4. The molecule has 1 fully saturated rings. The summed E-state index contributed by atoms with van der Waals surface area (Å²) in [6.07, 6.45) is 3.24. The third kappa shape index (κ3) is 1.58. The molecule has 1 aliphatic rings. The lowest BCUT2D eigenvalue weighted by Crippen LogP contribution is -2.15. The predicted octanol–water partition coefficient (Wildman–Crippen LogP) is 0.652. The third-order valence-electron chi connectivity index (χ3n) is 2.48. The molecule has 5 nitrogen and oxygen atoms in total. The van der Waals surface area contributed by atoms with Crippen molar-refractivity contribution in [1.29, 1.82) is 0 Å². The average Bonchev–Trinajstić information content (AvgIpc) is 2.97. The maximum atomic E-state index is 12.0. The highest BCUT2D eigenvalue weighted by atomic mass is 32.2. The fourth-order valence-corrected chi connectivity index (χ4v) is 3.51. The van der Waals surface area contributed by atoms with Gasteiger partial charge in [0.25, 0.3) is 0 Å². The van der Waals surface area contributed by atoms with Gasteiger partial charge in [0.2, 0.25) is 0 Å². The molecule has 0 aromatic carbocycles. The van der Waals surface area contributed by atoms with E-state index < -0.39 is 9.84 Å². The molecule has 0 saturated heterocycles. The molecule has 0 spiro atoms. The summed E-state index contributed by atoms with van der Waals surface area (Å²) >= 11 is 0. The highest BCUT2D eigenvalue weighted by molar-refractivity contribution is 7.92. The van der Waals surface area contributed by atoms with Crippen LogP contribution in [0.5, 0.6) is 0 Å². The van der Waals surface area contributed by atoms with Crippen LogP contribution in [0.25, 0.3) is 0 Å². The summed E-state index contributed by atoms with van der Waals surface area (Å²) in [7, 11) is -3.34. The molecule has 0 atom stereocenters. The molecule has 1 aliphatic carbocycles. The average molecular weight is 228 g/mol. The molecule has 0 N–H and O–H groups in total. The highest BCUT2D eigenvalue weighted by Gasteiger charge is 2.40. The Labute approximate surface area is 88.0 Å². The van der Waals surface area contributed by atoms with E-state index in [0.717, 1.165) is 0 Å². The van der Waals surface area contributed by atoms with Crippen molar-refractivity contribution >= 4 is 16.1 Å². The zero-order valence-electron chi connectivity index (χ0n) is 8.38. The number of hydrogen-bond acceptors (Lipinski definition) is 4. The van der Waals surface area contributed by atoms with Crippen LogP contribution in [0, 0.1) is 0 Å². The van der Waals surface area contributed by atoms with E-state index in [1.807, 2.05) is 0 Å². The Balaban J connectivity index is 2.58. The van der Waals surface area contributed by atoms with Crippen molar-refractivity contribution in [2.75, 3.05) is 0 Å². The van der Waals surface area contributed by atoms with Crippen molar-refractivity contribution in [3.05, 3.63) is 11.8 Å². The smallest absolute Gasteiger partial charge is 0.198 e. The molecular weight excluding hydrogens is 216 g/mol. The van der Waals surface area contributed by atoms with Gasteiger partial charge >= 0.3 is 0 Å². The van der Waals surface area contributed by atoms with Gasteiger partial charge in [-0.2, -0.15) is 5.10 Å². The van der Waals surface area contributed by atoms with E-state index in [1.165, 1.54) is 10.9 Å². The van der Waals surface area contributed by atoms with Crippen molar-refractivity contribution in [3.63, 3.8) is 0 Å². The van der Waals surface area contributed by atoms with Gasteiger partial charge in [0, 0.05) is 6.54 Å². The number of carbonyl (C=O) groups is 1. The Morgan fingerprint density at radius 3 is 2.73 bits per heavy atom. The fourth-order valence-electron chi connectivity index (χ4n) is 1.54. The first-order valence-electron chi connectivity index (χ1n) is 4.86. The van der Waals surface area contributed by atoms with E-state index in [-0.39, 0.29) is 15.8 Å². The quantitative estimate of drug-likeness (QED) is 0.709. The first-order chi connectivity index (χ1) is 7.11. The Bertz CT molecular complexity index is 485. The second-order valence-electron chi connectivity index (χ2n) is 3.58. The van der Waals surface area contributed by atoms with Crippen molar-refractivity contribution < 1.29 is 13.2 Å². The van der Waals surface area contributed by atoms with E-state index in [1.54, 1.807) is 6.92 Å². The van der Waals surface area contributed by atoms with Crippen LogP contribution < -0.4 is 0 Å². The van der Waals surface area contributed by atoms with Gasteiger partial charge in [0.15, 0.2) is 21.1 Å². The number of rotatable bonds is 4. The number of aryl methyl sites for hydroxylation is 1. The standard InChI is InChI=1S/C9H12N2O3S/c1-2-11-9(7(6-12)5-10-11)15(13,14)8-3-4-8/h5-6,8H,2-4H2,1H3. The minimum absolute atomic E-state index is 0.0856. The maximum Gasteiger partial charge on any atom is 0.198 e. The van der Waals surface area contributed by atoms with Crippen molar-refractivity contribution in [2.45, 2.75) is 36.6 Å². The molecule has 6 heteroatoms. The monoisotopic (exact) mass is 228 g/mol. The minimum atomic E-state index is -3.34. The fraction of sp³-hybridized carbons (Fsp3) is 0.556. The number of nitrogens with zero attached hydrogens (tertiary/aromatic N) is 2. The Morgan fingerprint density at radius 1 is 1.60 bits per heavy atom. The minimum Gasteiger partial charge on any atom is -0.298 e. The summed E-state index contributed by atoms with van der Waals surface area (Å²) in [5, 5.41) is 3.67. The molecule has 15 heavy (non-hydrogen) atoms. The Kier molecular flexibility index (Phi) is 2.38. The normalized spacial score (nSPS) is 16.6. The largest absolute Gasteiger partial charge is 0.298 e. The molecule has 1 aromatic rings. The number of sulfone groups is 1. The van der Waals surface area contributed by atoms with Gasteiger partial charge in [-0.1, -0.05) is 0 Å². The first kappa shape index (κ1) is 10.4. The molecule has 0 radical (unpaired) electrons. The Hall–Kier alpha value is -1.17. The molecule has 0 unspecified atom stereocenters. The number of aldehydes is 1. The van der Waals surface area contributed by atoms with Crippen LogP contribution in [-0.4, -0.2) is 29.7 Å². The van der Waals surface area contributed by atoms with E-state index in [9.17, 15) is 13.2 Å². The molecule has 82 valence electrons. The predicted molar refractivity (Wildman–Crippen MR) is 53.5 cm³/mol.